The highest BCUT2D eigenvalue weighted by atomic mass is 16.3. The zero-order valence-electron chi connectivity index (χ0n) is 11.5. The largest absolute Gasteiger partial charge is 0.392 e. The minimum atomic E-state index is 0.211. The quantitative estimate of drug-likeness (QED) is 0.705. The maximum atomic E-state index is 8.95. The molecule has 0 bridgehead atoms. The Morgan fingerprint density at radius 2 is 1.94 bits per heavy atom. The molecule has 1 aliphatic rings. The molecule has 0 aromatic heterocycles. The van der Waals surface area contributed by atoms with E-state index in [2.05, 4.69) is 26.8 Å². The van der Waals surface area contributed by atoms with Gasteiger partial charge in [-0.3, -0.25) is 0 Å². The molecule has 0 aliphatic heterocycles. The Labute approximate surface area is 101 Å². The molecule has 1 heteroatoms. The molecular weight excluding hydrogens is 196 g/mol. The van der Waals surface area contributed by atoms with Gasteiger partial charge in [0.15, 0.2) is 0 Å². The third kappa shape index (κ3) is 4.29. The van der Waals surface area contributed by atoms with Gasteiger partial charge in [0, 0.05) is 0 Å². The summed E-state index contributed by atoms with van der Waals surface area (Å²) in [5, 5.41) is 8.95. The highest BCUT2D eigenvalue weighted by Gasteiger charge is 2.35. The summed E-state index contributed by atoms with van der Waals surface area (Å²) in [6.07, 6.45) is 10.1. The molecule has 0 radical (unpaired) electrons. The molecule has 1 aliphatic carbocycles. The van der Waals surface area contributed by atoms with Crippen molar-refractivity contribution in [3.63, 3.8) is 0 Å². The lowest BCUT2D eigenvalue weighted by atomic mass is 9.63. The van der Waals surface area contributed by atoms with Crippen LogP contribution in [0.15, 0.2) is 11.6 Å². The van der Waals surface area contributed by atoms with E-state index in [0.29, 0.717) is 10.8 Å². The van der Waals surface area contributed by atoms with Crippen molar-refractivity contribution in [3.8, 4) is 0 Å². The monoisotopic (exact) mass is 224 g/mol. The van der Waals surface area contributed by atoms with Crippen LogP contribution in [0.2, 0.25) is 0 Å². The van der Waals surface area contributed by atoms with Gasteiger partial charge in [0.2, 0.25) is 0 Å². The maximum Gasteiger partial charge on any atom is 0.0639 e. The SMILES string of the molecule is C/C(=C\CC[C@@]1(C)CCCC(C)(C)C1)CO. The molecule has 16 heavy (non-hydrogen) atoms. The Bertz CT molecular complexity index is 252. The minimum Gasteiger partial charge on any atom is -0.392 e. The van der Waals surface area contributed by atoms with Gasteiger partial charge in [-0.05, 0) is 49.9 Å². The molecule has 94 valence electrons. The fraction of sp³-hybridized carbons (Fsp3) is 0.867. The Morgan fingerprint density at radius 1 is 1.25 bits per heavy atom. The van der Waals surface area contributed by atoms with Gasteiger partial charge >= 0.3 is 0 Å². The second-order valence-corrected chi connectivity index (χ2v) is 6.75. The Kier molecular flexibility index (Phi) is 4.61. The molecule has 0 unspecified atom stereocenters. The normalized spacial score (nSPS) is 30.4. The first-order chi connectivity index (χ1) is 7.37. The average Bonchev–Trinajstić information content (AvgIpc) is 2.15. The van der Waals surface area contributed by atoms with Gasteiger partial charge in [0.25, 0.3) is 0 Å². The third-order valence-electron chi connectivity index (χ3n) is 4.03. The molecule has 0 heterocycles. The van der Waals surface area contributed by atoms with Crippen LogP contribution >= 0.6 is 0 Å². The third-order valence-corrected chi connectivity index (χ3v) is 4.03. The van der Waals surface area contributed by atoms with E-state index in [4.69, 9.17) is 5.11 Å². The topological polar surface area (TPSA) is 20.2 Å². The Balaban J connectivity index is 2.46. The van der Waals surface area contributed by atoms with Crippen LogP contribution in [-0.2, 0) is 0 Å². The smallest absolute Gasteiger partial charge is 0.0639 e. The predicted octanol–water partition coefficient (Wildman–Crippen LogP) is 4.31. The van der Waals surface area contributed by atoms with Gasteiger partial charge in [0.05, 0.1) is 6.61 Å². The van der Waals surface area contributed by atoms with Gasteiger partial charge < -0.3 is 5.11 Å². The first-order valence-electron chi connectivity index (χ1n) is 6.63. The van der Waals surface area contributed by atoms with Gasteiger partial charge in [-0.2, -0.15) is 0 Å². The highest BCUT2D eigenvalue weighted by molar-refractivity contribution is 4.99. The summed E-state index contributed by atoms with van der Waals surface area (Å²) >= 11 is 0. The van der Waals surface area contributed by atoms with E-state index in [1.54, 1.807) is 0 Å². The van der Waals surface area contributed by atoms with Crippen molar-refractivity contribution in [3.05, 3.63) is 11.6 Å². The van der Waals surface area contributed by atoms with Crippen molar-refractivity contribution in [2.75, 3.05) is 6.61 Å². The van der Waals surface area contributed by atoms with Crippen LogP contribution in [0.4, 0.5) is 0 Å². The second kappa shape index (κ2) is 5.35. The molecule has 0 aromatic carbocycles. The molecule has 1 rings (SSSR count). The van der Waals surface area contributed by atoms with Gasteiger partial charge in [0.1, 0.15) is 0 Å². The van der Waals surface area contributed by atoms with Crippen LogP contribution in [0.1, 0.15) is 66.2 Å². The summed E-state index contributed by atoms with van der Waals surface area (Å²) in [5.74, 6) is 0. The van der Waals surface area contributed by atoms with Crippen LogP contribution < -0.4 is 0 Å². The number of hydrogen-bond donors (Lipinski definition) is 1. The van der Waals surface area contributed by atoms with E-state index in [9.17, 15) is 0 Å². The molecule has 1 nitrogen and oxygen atoms in total. The van der Waals surface area contributed by atoms with E-state index in [-0.39, 0.29) is 6.61 Å². The zero-order valence-corrected chi connectivity index (χ0v) is 11.5. The van der Waals surface area contributed by atoms with E-state index in [0.717, 1.165) is 12.0 Å². The molecule has 0 aromatic rings. The molecule has 0 spiro atoms. The van der Waals surface area contributed by atoms with Crippen molar-refractivity contribution in [1.82, 2.24) is 0 Å². The summed E-state index contributed by atoms with van der Waals surface area (Å²) in [5.41, 5.74) is 2.16. The van der Waals surface area contributed by atoms with Crippen molar-refractivity contribution in [2.24, 2.45) is 10.8 Å². The number of aliphatic hydroxyl groups is 1. The lowest BCUT2D eigenvalue weighted by Gasteiger charge is -2.43. The van der Waals surface area contributed by atoms with Crippen LogP contribution in [0, 0.1) is 10.8 Å². The molecule has 0 amide bonds. The second-order valence-electron chi connectivity index (χ2n) is 6.75. The van der Waals surface area contributed by atoms with E-state index >= 15 is 0 Å². The first kappa shape index (κ1) is 13.8. The van der Waals surface area contributed by atoms with Gasteiger partial charge in [-0.1, -0.05) is 38.8 Å². The molecular formula is C15H28O. The van der Waals surface area contributed by atoms with Crippen LogP contribution in [-0.4, -0.2) is 11.7 Å². The Hall–Kier alpha value is -0.300. The molecule has 1 N–H and O–H groups in total. The van der Waals surface area contributed by atoms with Crippen LogP contribution in [0.3, 0.4) is 0 Å². The summed E-state index contributed by atoms with van der Waals surface area (Å²) in [4.78, 5) is 0. The standard InChI is InChI=1S/C15H28O/c1-13(11-16)7-5-9-15(4)10-6-8-14(2,3)12-15/h7,16H,5-6,8-12H2,1-4H3/b13-7+/t15-/m0/s1. The van der Waals surface area contributed by atoms with Crippen molar-refractivity contribution in [2.45, 2.75) is 66.2 Å². The lowest BCUT2D eigenvalue weighted by molar-refractivity contribution is 0.0919. The van der Waals surface area contributed by atoms with E-state index < -0.39 is 0 Å². The fourth-order valence-electron chi connectivity index (χ4n) is 3.27. The van der Waals surface area contributed by atoms with Crippen molar-refractivity contribution < 1.29 is 5.11 Å². The van der Waals surface area contributed by atoms with Crippen LogP contribution in [0.5, 0.6) is 0 Å². The van der Waals surface area contributed by atoms with E-state index in [1.165, 1.54) is 32.1 Å². The Morgan fingerprint density at radius 3 is 2.50 bits per heavy atom. The molecule has 0 saturated heterocycles. The molecule has 1 fully saturated rings. The van der Waals surface area contributed by atoms with Gasteiger partial charge in [-0.15, -0.1) is 0 Å². The zero-order chi connectivity index (χ0) is 12.2. The molecule has 1 atom stereocenters. The summed E-state index contributed by atoms with van der Waals surface area (Å²) in [6.45, 7) is 9.46. The summed E-state index contributed by atoms with van der Waals surface area (Å²) in [7, 11) is 0. The molecule has 1 saturated carbocycles. The minimum absolute atomic E-state index is 0.211. The first-order valence-corrected chi connectivity index (χ1v) is 6.63. The number of rotatable bonds is 4. The number of hydrogen-bond acceptors (Lipinski definition) is 1. The number of allylic oxidation sites excluding steroid dienone is 1. The van der Waals surface area contributed by atoms with E-state index in [1.807, 2.05) is 6.92 Å². The van der Waals surface area contributed by atoms with Crippen molar-refractivity contribution in [1.29, 1.82) is 0 Å². The number of aliphatic hydroxyl groups excluding tert-OH is 1. The van der Waals surface area contributed by atoms with Crippen molar-refractivity contribution >= 4 is 0 Å². The maximum absolute atomic E-state index is 8.95. The van der Waals surface area contributed by atoms with Crippen LogP contribution in [0.25, 0.3) is 0 Å². The summed E-state index contributed by atoms with van der Waals surface area (Å²) in [6, 6.07) is 0. The summed E-state index contributed by atoms with van der Waals surface area (Å²) < 4.78 is 0. The highest BCUT2D eigenvalue weighted by Crippen LogP contribution is 2.48. The lowest BCUT2D eigenvalue weighted by Crippen LogP contribution is -2.30. The average molecular weight is 224 g/mol. The predicted molar refractivity (Wildman–Crippen MR) is 70.4 cm³/mol. The fourth-order valence-corrected chi connectivity index (χ4v) is 3.27. The van der Waals surface area contributed by atoms with Gasteiger partial charge in [-0.25, -0.2) is 0 Å².